The third-order valence-corrected chi connectivity index (χ3v) is 6.44. The van der Waals surface area contributed by atoms with E-state index >= 15 is 0 Å². The SMILES string of the molecule is CCC1(CC)C(NC(=NCC(=O)N(C)C)NCC2CCCO2)C(C)C1OC. The van der Waals surface area contributed by atoms with Crippen LogP contribution >= 0.6 is 0 Å². The Morgan fingerprint density at radius 3 is 2.56 bits per heavy atom. The quantitative estimate of drug-likeness (QED) is 0.493. The molecule has 7 heteroatoms. The normalized spacial score (nSPS) is 29.9. The Bertz CT molecular complexity index is 513. The fraction of sp³-hybridized carbons (Fsp3) is 0.900. The van der Waals surface area contributed by atoms with Gasteiger partial charge in [-0.2, -0.15) is 0 Å². The largest absolute Gasteiger partial charge is 0.380 e. The third kappa shape index (κ3) is 4.74. The molecule has 1 saturated heterocycles. The second-order valence-corrected chi connectivity index (χ2v) is 8.05. The monoisotopic (exact) mass is 382 g/mol. The van der Waals surface area contributed by atoms with Gasteiger partial charge in [-0.25, -0.2) is 4.99 Å². The van der Waals surface area contributed by atoms with Crippen molar-refractivity contribution in [3.8, 4) is 0 Å². The molecule has 0 radical (unpaired) electrons. The summed E-state index contributed by atoms with van der Waals surface area (Å²) in [5.41, 5.74) is 0.0893. The van der Waals surface area contributed by atoms with Crippen LogP contribution in [0.2, 0.25) is 0 Å². The molecule has 1 aliphatic heterocycles. The summed E-state index contributed by atoms with van der Waals surface area (Å²) >= 11 is 0. The van der Waals surface area contributed by atoms with Crippen molar-refractivity contribution in [3.05, 3.63) is 0 Å². The molecule has 1 saturated carbocycles. The van der Waals surface area contributed by atoms with Crippen molar-refractivity contribution >= 4 is 11.9 Å². The minimum atomic E-state index is -0.0121. The van der Waals surface area contributed by atoms with Gasteiger partial charge >= 0.3 is 0 Å². The first kappa shape index (κ1) is 22.0. The molecular formula is C20H38N4O3. The van der Waals surface area contributed by atoms with Gasteiger partial charge in [-0.1, -0.05) is 20.8 Å². The van der Waals surface area contributed by atoms with E-state index in [4.69, 9.17) is 9.47 Å². The molecule has 2 fully saturated rings. The number of hydrogen-bond acceptors (Lipinski definition) is 4. The fourth-order valence-corrected chi connectivity index (χ4v) is 4.70. The van der Waals surface area contributed by atoms with Crippen molar-refractivity contribution in [1.82, 2.24) is 15.5 Å². The number of carbonyl (C=O) groups is 1. The number of ether oxygens (including phenoxy) is 2. The molecule has 156 valence electrons. The number of carbonyl (C=O) groups excluding carboxylic acids is 1. The molecule has 0 bridgehead atoms. The smallest absolute Gasteiger partial charge is 0.243 e. The van der Waals surface area contributed by atoms with Crippen molar-refractivity contribution in [3.63, 3.8) is 0 Å². The van der Waals surface area contributed by atoms with Gasteiger partial charge in [0.25, 0.3) is 0 Å². The van der Waals surface area contributed by atoms with Gasteiger partial charge in [-0.3, -0.25) is 4.79 Å². The zero-order valence-electron chi connectivity index (χ0n) is 17.9. The molecule has 0 spiro atoms. The summed E-state index contributed by atoms with van der Waals surface area (Å²) in [4.78, 5) is 18.1. The Kier molecular flexibility index (Phi) is 7.91. The Labute approximate surface area is 164 Å². The van der Waals surface area contributed by atoms with E-state index in [2.05, 4.69) is 36.4 Å². The van der Waals surface area contributed by atoms with Crippen LogP contribution in [0, 0.1) is 11.3 Å². The topological polar surface area (TPSA) is 75.2 Å². The highest BCUT2D eigenvalue weighted by molar-refractivity contribution is 5.85. The summed E-state index contributed by atoms with van der Waals surface area (Å²) in [5.74, 6) is 1.06. The lowest BCUT2D eigenvalue weighted by Crippen LogP contribution is -2.71. The summed E-state index contributed by atoms with van der Waals surface area (Å²) < 4.78 is 11.5. The average molecular weight is 383 g/mol. The Balaban J connectivity index is 2.09. The Hall–Kier alpha value is -1.34. The summed E-state index contributed by atoms with van der Waals surface area (Å²) in [6, 6.07) is 0.266. The molecule has 4 atom stereocenters. The lowest BCUT2D eigenvalue weighted by molar-refractivity contribution is -0.163. The van der Waals surface area contributed by atoms with Crippen molar-refractivity contribution in [1.29, 1.82) is 0 Å². The van der Waals surface area contributed by atoms with Gasteiger partial charge in [0.1, 0.15) is 6.54 Å². The summed E-state index contributed by atoms with van der Waals surface area (Å²) in [6.45, 7) is 8.34. The second-order valence-electron chi connectivity index (χ2n) is 8.05. The van der Waals surface area contributed by atoms with Gasteiger partial charge in [-0.15, -0.1) is 0 Å². The van der Waals surface area contributed by atoms with Gasteiger partial charge in [0.15, 0.2) is 5.96 Å². The molecular weight excluding hydrogens is 344 g/mol. The van der Waals surface area contributed by atoms with Crippen LogP contribution in [0.4, 0.5) is 0 Å². The highest BCUT2D eigenvalue weighted by Crippen LogP contribution is 2.52. The van der Waals surface area contributed by atoms with E-state index in [-0.39, 0.29) is 36.1 Å². The Morgan fingerprint density at radius 1 is 1.33 bits per heavy atom. The second kappa shape index (κ2) is 9.73. The number of rotatable bonds is 8. The average Bonchev–Trinajstić information content (AvgIpc) is 3.18. The molecule has 0 aromatic heterocycles. The number of likely N-dealkylation sites (N-methyl/N-ethyl adjacent to an activating group) is 1. The van der Waals surface area contributed by atoms with Crippen molar-refractivity contribution in [2.45, 2.75) is 64.7 Å². The Morgan fingerprint density at radius 2 is 2.04 bits per heavy atom. The first-order valence-corrected chi connectivity index (χ1v) is 10.3. The number of hydrogen-bond donors (Lipinski definition) is 2. The highest BCUT2D eigenvalue weighted by Gasteiger charge is 2.58. The van der Waals surface area contributed by atoms with E-state index in [9.17, 15) is 4.79 Å². The molecule has 1 heterocycles. The van der Waals surface area contributed by atoms with Gasteiger partial charge in [0.2, 0.25) is 5.91 Å². The number of nitrogens with zero attached hydrogens (tertiary/aromatic N) is 2. The number of amides is 1. The molecule has 27 heavy (non-hydrogen) atoms. The molecule has 2 aliphatic rings. The van der Waals surface area contributed by atoms with E-state index in [0.29, 0.717) is 18.4 Å². The van der Waals surface area contributed by atoms with Gasteiger partial charge < -0.3 is 25.0 Å². The van der Waals surface area contributed by atoms with Crippen LogP contribution in [-0.2, 0) is 14.3 Å². The van der Waals surface area contributed by atoms with E-state index in [1.807, 2.05) is 0 Å². The van der Waals surface area contributed by atoms with E-state index in [0.717, 1.165) is 32.3 Å². The third-order valence-electron chi connectivity index (χ3n) is 6.44. The molecule has 7 nitrogen and oxygen atoms in total. The van der Waals surface area contributed by atoms with Crippen molar-refractivity contribution in [2.24, 2.45) is 16.3 Å². The minimum absolute atomic E-state index is 0.0121. The maximum atomic E-state index is 12.0. The highest BCUT2D eigenvalue weighted by atomic mass is 16.5. The zero-order valence-corrected chi connectivity index (χ0v) is 17.9. The molecule has 1 amide bonds. The van der Waals surface area contributed by atoms with E-state index < -0.39 is 0 Å². The van der Waals surface area contributed by atoms with Crippen molar-refractivity contribution in [2.75, 3.05) is 40.9 Å². The van der Waals surface area contributed by atoms with Crippen LogP contribution in [0.25, 0.3) is 0 Å². The predicted molar refractivity (Wildman–Crippen MR) is 108 cm³/mol. The van der Waals surface area contributed by atoms with Crippen LogP contribution in [0.15, 0.2) is 4.99 Å². The summed E-state index contributed by atoms with van der Waals surface area (Å²) in [6.07, 6.45) is 4.72. The number of nitrogens with one attached hydrogen (secondary N) is 2. The maximum Gasteiger partial charge on any atom is 0.243 e. The van der Waals surface area contributed by atoms with Gasteiger partial charge in [-0.05, 0) is 25.7 Å². The number of guanidine groups is 1. The summed E-state index contributed by atoms with van der Waals surface area (Å²) in [7, 11) is 5.31. The lowest BCUT2D eigenvalue weighted by Gasteiger charge is -2.60. The first-order chi connectivity index (χ1) is 12.9. The standard InChI is InChI=1S/C20H38N4O3/c1-7-20(8-2)17(14(3)18(20)26-6)23-19(22-13-16(25)24(4)5)21-12-15-10-9-11-27-15/h14-15,17-18H,7-13H2,1-6H3,(H2,21,22,23). The van der Waals surface area contributed by atoms with Crippen LogP contribution in [-0.4, -0.2) is 75.9 Å². The molecule has 0 aromatic rings. The van der Waals surface area contributed by atoms with Gasteiger partial charge in [0, 0.05) is 51.7 Å². The molecule has 2 N–H and O–H groups in total. The predicted octanol–water partition coefficient (Wildman–Crippen LogP) is 1.63. The molecule has 1 aliphatic carbocycles. The lowest BCUT2D eigenvalue weighted by atomic mass is 9.53. The van der Waals surface area contributed by atoms with Crippen LogP contribution < -0.4 is 10.6 Å². The van der Waals surface area contributed by atoms with E-state index in [1.165, 1.54) is 0 Å². The number of methoxy groups -OCH3 is 1. The van der Waals surface area contributed by atoms with Gasteiger partial charge in [0.05, 0.1) is 12.2 Å². The van der Waals surface area contributed by atoms with Crippen LogP contribution in [0.1, 0.15) is 46.5 Å². The molecule has 2 rings (SSSR count). The van der Waals surface area contributed by atoms with Crippen molar-refractivity contribution < 1.29 is 14.3 Å². The molecule has 4 unspecified atom stereocenters. The van der Waals surface area contributed by atoms with Crippen LogP contribution in [0.3, 0.4) is 0 Å². The first-order valence-electron chi connectivity index (χ1n) is 10.3. The summed E-state index contributed by atoms with van der Waals surface area (Å²) in [5, 5.41) is 7.01. The number of aliphatic imine (C=N–C) groups is 1. The van der Waals surface area contributed by atoms with Crippen LogP contribution in [0.5, 0.6) is 0 Å². The maximum absolute atomic E-state index is 12.0. The van der Waals surface area contributed by atoms with E-state index in [1.54, 1.807) is 26.1 Å². The minimum Gasteiger partial charge on any atom is -0.380 e. The fourth-order valence-electron chi connectivity index (χ4n) is 4.70. The zero-order chi connectivity index (χ0) is 20.0. The molecule has 0 aromatic carbocycles.